The minimum absolute atomic E-state index is 0.0299. The number of ether oxygens (including phenoxy) is 1. The van der Waals surface area contributed by atoms with Gasteiger partial charge in [0.2, 0.25) is 0 Å². The lowest BCUT2D eigenvalue weighted by Crippen LogP contribution is -2.19. The van der Waals surface area contributed by atoms with E-state index in [1.54, 1.807) is 0 Å². The fourth-order valence-corrected chi connectivity index (χ4v) is 2.23. The molecule has 1 aliphatic heterocycles. The lowest BCUT2D eigenvalue weighted by molar-refractivity contribution is 0.120. The van der Waals surface area contributed by atoms with Crippen molar-refractivity contribution in [2.75, 3.05) is 24.7 Å². The van der Waals surface area contributed by atoms with Crippen molar-refractivity contribution >= 4 is 15.7 Å². The molecular weight excluding hydrogens is 242 g/mol. The first-order valence-electron chi connectivity index (χ1n) is 5.43. The molecule has 1 aliphatic rings. The third-order valence-corrected chi connectivity index (χ3v) is 3.54. The van der Waals surface area contributed by atoms with E-state index in [-0.39, 0.29) is 11.1 Å². The summed E-state index contributed by atoms with van der Waals surface area (Å²) in [6.07, 6.45) is 4.65. The molecule has 6 nitrogen and oxygen atoms in total. The van der Waals surface area contributed by atoms with E-state index in [4.69, 9.17) is 4.74 Å². The molecule has 0 saturated carbocycles. The van der Waals surface area contributed by atoms with E-state index in [1.165, 1.54) is 12.4 Å². The number of nitrogens with one attached hydrogen (secondary N) is 1. The topological polar surface area (TPSA) is 81.2 Å². The molecule has 0 aromatic carbocycles. The summed E-state index contributed by atoms with van der Waals surface area (Å²) < 4.78 is 28.1. The van der Waals surface area contributed by atoms with Gasteiger partial charge in [0.15, 0.2) is 14.9 Å². The van der Waals surface area contributed by atoms with Gasteiger partial charge in [-0.05, 0) is 12.8 Å². The second-order valence-corrected chi connectivity index (χ2v) is 5.99. The van der Waals surface area contributed by atoms with Crippen LogP contribution in [0.3, 0.4) is 0 Å². The Labute approximate surface area is 100 Å². The SMILES string of the molecule is CS(=O)(=O)c1cc(NCC2CCCO2)ncn1. The third-order valence-electron chi connectivity index (χ3n) is 2.56. The molecule has 17 heavy (non-hydrogen) atoms. The number of hydrogen-bond acceptors (Lipinski definition) is 6. The Morgan fingerprint density at radius 2 is 2.35 bits per heavy atom. The van der Waals surface area contributed by atoms with Crippen molar-refractivity contribution in [3.05, 3.63) is 12.4 Å². The van der Waals surface area contributed by atoms with Crippen molar-refractivity contribution < 1.29 is 13.2 Å². The molecule has 1 unspecified atom stereocenters. The molecule has 94 valence electrons. The normalized spacial score (nSPS) is 20.4. The molecule has 0 amide bonds. The first-order chi connectivity index (χ1) is 8.05. The van der Waals surface area contributed by atoms with Gasteiger partial charge in [0.25, 0.3) is 0 Å². The number of rotatable bonds is 4. The van der Waals surface area contributed by atoms with Crippen molar-refractivity contribution in [3.63, 3.8) is 0 Å². The van der Waals surface area contributed by atoms with E-state index in [9.17, 15) is 8.42 Å². The molecule has 1 atom stereocenters. The highest BCUT2D eigenvalue weighted by molar-refractivity contribution is 7.90. The first kappa shape index (κ1) is 12.3. The fraction of sp³-hybridized carbons (Fsp3) is 0.600. The highest BCUT2D eigenvalue weighted by atomic mass is 32.2. The number of sulfone groups is 1. The van der Waals surface area contributed by atoms with Crippen molar-refractivity contribution in [1.82, 2.24) is 9.97 Å². The molecule has 0 spiro atoms. The minimum Gasteiger partial charge on any atom is -0.376 e. The van der Waals surface area contributed by atoms with Crippen LogP contribution in [0.2, 0.25) is 0 Å². The smallest absolute Gasteiger partial charge is 0.192 e. The van der Waals surface area contributed by atoms with Crippen molar-refractivity contribution in [2.45, 2.75) is 24.0 Å². The van der Waals surface area contributed by atoms with Gasteiger partial charge in [0, 0.05) is 25.5 Å². The molecular formula is C10H15N3O3S. The van der Waals surface area contributed by atoms with E-state index < -0.39 is 9.84 Å². The van der Waals surface area contributed by atoms with Gasteiger partial charge in [-0.15, -0.1) is 0 Å². The van der Waals surface area contributed by atoms with E-state index in [2.05, 4.69) is 15.3 Å². The molecule has 7 heteroatoms. The Balaban J connectivity index is 2.01. The highest BCUT2D eigenvalue weighted by Crippen LogP contribution is 2.14. The van der Waals surface area contributed by atoms with Gasteiger partial charge in [0.05, 0.1) is 6.10 Å². The molecule has 1 fully saturated rings. The Bertz CT molecular complexity index is 483. The predicted molar refractivity (Wildman–Crippen MR) is 62.6 cm³/mol. The number of hydrogen-bond donors (Lipinski definition) is 1. The van der Waals surface area contributed by atoms with E-state index in [1.807, 2.05) is 0 Å². The Morgan fingerprint density at radius 1 is 1.53 bits per heavy atom. The maximum atomic E-state index is 11.3. The lowest BCUT2D eigenvalue weighted by Gasteiger charge is -2.11. The molecule has 1 saturated heterocycles. The fourth-order valence-electron chi connectivity index (χ4n) is 1.66. The Hall–Kier alpha value is -1.21. The molecule has 2 rings (SSSR count). The second-order valence-electron chi connectivity index (χ2n) is 4.03. The van der Waals surface area contributed by atoms with Gasteiger partial charge < -0.3 is 10.1 Å². The maximum absolute atomic E-state index is 11.3. The molecule has 1 N–H and O–H groups in total. The molecule has 0 aliphatic carbocycles. The van der Waals surface area contributed by atoms with Crippen LogP contribution < -0.4 is 5.32 Å². The van der Waals surface area contributed by atoms with Gasteiger partial charge in [-0.25, -0.2) is 18.4 Å². The third kappa shape index (κ3) is 3.37. The van der Waals surface area contributed by atoms with E-state index in [0.717, 1.165) is 25.7 Å². The number of nitrogens with zero attached hydrogens (tertiary/aromatic N) is 2. The summed E-state index contributed by atoms with van der Waals surface area (Å²) in [6, 6.07) is 1.43. The van der Waals surface area contributed by atoms with Gasteiger partial charge in [0.1, 0.15) is 12.1 Å². The van der Waals surface area contributed by atoms with Crippen LogP contribution in [-0.2, 0) is 14.6 Å². The average molecular weight is 257 g/mol. The zero-order valence-electron chi connectivity index (χ0n) is 9.59. The summed E-state index contributed by atoms with van der Waals surface area (Å²) in [6.45, 7) is 1.44. The summed E-state index contributed by atoms with van der Waals surface area (Å²) in [4.78, 5) is 7.69. The van der Waals surface area contributed by atoms with Gasteiger partial charge in [-0.1, -0.05) is 0 Å². The summed E-state index contributed by atoms with van der Waals surface area (Å²) in [5, 5.41) is 3.09. The van der Waals surface area contributed by atoms with Crippen molar-refractivity contribution in [1.29, 1.82) is 0 Å². The molecule has 0 bridgehead atoms. The van der Waals surface area contributed by atoms with Crippen LogP contribution in [0.4, 0.5) is 5.82 Å². The van der Waals surface area contributed by atoms with E-state index in [0.29, 0.717) is 12.4 Å². The van der Waals surface area contributed by atoms with Crippen LogP contribution in [0, 0.1) is 0 Å². The maximum Gasteiger partial charge on any atom is 0.192 e. The second kappa shape index (κ2) is 4.97. The van der Waals surface area contributed by atoms with Gasteiger partial charge in [-0.2, -0.15) is 0 Å². The number of aromatic nitrogens is 2. The van der Waals surface area contributed by atoms with E-state index >= 15 is 0 Å². The lowest BCUT2D eigenvalue weighted by atomic mass is 10.2. The van der Waals surface area contributed by atoms with Crippen molar-refractivity contribution in [3.8, 4) is 0 Å². The summed E-state index contributed by atoms with van der Waals surface area (Å²) in [5.41, 5.74) is 0. The van der Waals surface area contributed by atoms with Gasteiger partial charge in [-0.3, -0.25) is 0 Å². The molecule has 2 heterocycles. The highest BCUT2D eigenvalue weighted by Gasteiger charge is 2.15. The van der Waals surface area contributed by atoms with Crippen LogP contribution in [0.1, 0.15) is 12.8 Å². The van der Waals surface area contributed by atoms with Crippen LogP contribution >= 0.6 is 0 Å². The molecule has 0 radical (unpaired) electrons. The van der Waals surface area contributed by atoms with Crippen LogP contribution in [0.15, 0.2) is 17.4 Å². The zero-order chi connectivity index (χ0) is 12.3. The average Bonchev–Trinajstić information content (AvgIpc) is 2.78. The summed E-state index contributed by atoms with van der Waals surface area (Å²) >= 11 is 0. The standard InChI is InChI=1S/C10H15N3O3S/c1-17(14,15)10-5-9(12-7-13-10)11-6-8-3-2-4-16-8/h5,7-8H,2-4,6H2,1H3,(H,11,12,13). The molecule has 1 aromatic heterocycles. The zero-order valence-corrected chi connectivity index (χ0v) is 10.4. The van der Waals surface area contributed by atoms with Crippen LogP contribution in [0.25, 0.3) is 0 Å². The quantitative estimate of drug-likeness (QED) is 0.790. The predicted octanol–water partition coefficient (Wildman–Crippen LogP) is 0.471. The Morgan fingerprint density at radius 3 is 3.00 bits per heavy atom. The van der Waals surface area contributed by atoms with Crippen LogP contribution in [0.5, 0.6) is 0 Å². The van der Waals surface area contributed by atoms with Crippen LogP contribution in [-0.4, -0.2) is 43.9 Å². The monoisotopic (exact) mass is 257 g/mol. The van der Waals surface area contributed by atoms with Crippen molar-refractivity contribution in [2.24, 2.45) is 0 Å². The number of anilines is 1. The Kier molecular flexibility index (Phi) is 3.58. The molecule has 1 aromatic rings. The summed E-state index contributed by atoms with van der Waals surface area (Å²) in [7, 11) is -3.29. The largest absolute Gasteiger partial charge is 0.376 e. The first-order valence-corrected chi connectivity index (χ1v) is 7.32. The summed E-state index contributed by atoms with van der Waals surface area (Å²) in [5.74, 6) is 0.510. The van der Waals surface area contributed by atoms with Gasteiger partial charge >= 0.3 is 0 Å². The minimum atomic E-state index is -3.29.